The SMILES string of the molecule is CCN=c1cc2oc3cc(N(CC)CC)c(C)cc3c(-c3ccccc3C(=O)OCC)c-2cc1C. The summed E-state index contributed by atoms with van der Waals surface area (Å²) >= 11 is 0. The first kappa shape index (κ1) is 24.5. The molecule has 4 rings (SSSR count). The van der Waals surface area contributed by atoms with Gasteiger partial charge in [0.25, 0.3) is 0 Å². The topological polar surface area (TPSA) is 55.0 Å². The van der Waals surface area contributed by atoms with E-state index in [1.807, 2.05) is 44.2 Å². The number of nitrogens with zero attached hydrogens (tertiary/aromatic N) is 2. The second-order valence-corrected chi connectivity index (χ2v) is 8.66. The smallest absolute Gasteiger partial charge is 0.338 e. The fourth-order valence-electron chi connectivity index (χ4n) is 4.80. The van der Waals surface area contributed by atoms with Crippen LogP contribution in [-0.2, 0) is 4.74 Å². The molecule has 0 amide bonds. The number of benzene rings is 3. The van der Waals surface area contributed by atoms with Crippen LogP contribution in [0.15, 0.2) is 57.9 Å². The van der Waals surface area contributed by atoms with Gasteiger partial charge in [-0.25, -0.2) is 4.79 Å². The van der Waals surface area contributed by atoms with E-state index in [1.165, 1.54) is 5.56 Å². The Balaban J connectivity index is 2.16. The minimum absolute atomic E-state index is 0.323. The van der Waals surface area contributed by atoms with Crippen LogP contribution in [0.5, 0.6) is 0 Å². The predicted octanol–water partition coefficient (Wildman–Crippen LogP) is 6.76. The number of rotatable bonds is 7. The molecule has 0 saturated carbocycles. The number of hydrogen-bond acceptors (Lipinski definition) is 5. The van der Waals surface area contributed by atoms with Gasteiger partial charge in [-0.1, -0.05) is 18.2 Å². The molecule has 5 heteroatoms. The zero-order chi connectivity index (χ0) is 25.1. The highest BCUT2D eigenvalue weighted by atomic mass is 16.5. The van der Waals surface area contributed by atoms with E-state index in [-0.39, 0.29) is 5.97 Å². The van der Waals surface area contributed by atoms with E-state index in [4.69, 9.17) is 9.15 Å². The number of anilines is 1. The van der Waals surface area contributed by atoms with Gasteiger partial charge >= 0.3 is 5.97 Å². The third-order valence-corrected chi connectivity index (χ3v) is 6.48. The van der Waals surface area contributed by atoms with Crippen LogP contribution in [0.1, 0.15) is 49.2 Å². The van der Waals surface area contributed by atoms with Gasteiger partial charge in [0.2, 0.25) is 0 Å². The van der Waals surface area contributed by atoms with Crippen molar-refractivity contribution < 1.29 is 13.9 Å². The van der Waals surface area contributed by atoms with Crippen LogP contribution in [-0.4, -0.2) is 32.2 Å². The van der Waals surface area contributed by atoms with Crippen LogP contribution < -0.4 is 10.3 Å². The van der Waals surface area contributed by atoms with Gasteiger partial charge in [0.05, 0.1) is 17.5 Å². The molecule has 35 heavy (non-hydrogen) atoms. The van der Waals surface area contributed by atoms with Gasteiger partial charge in [-0.05, 0) is 76.4 Å². The second kappa shape index (κ2) is 10.3. The Morgan fingerprint density at radius 1 is 0.943 bits per heavy atom. The summed E-state index contributed by atoms with van der Waals surface area (Å²) in [4.78, 5) is 19.9. The number of aryl methyl sites for hydroxylation is 2. The maximum absolute atomic E-state index is 12.9. The lowest BCUT2D eigenvalue weighted by molar-refractivity contribution is 0.0527. The van der Waals surface area contributed by atoms with E-state index < -0.39 is 0 Å². The highest BCUT2D eigenvalue weighted by molar-refractivity contribution is 6.08. The van der Waals surface area contributed by atoms with E-state index in [9.17, 15) is 4.79 Å². The van der Waals surface area contributed by atoms with Crippen molar-refractivity contribution in [2.24, 2.45) is 4.99 Å². The number of carbonyl (C=O) groups excluding carboxylic acids is 1. The molecule has 0 saturated heterocycles. The molecule has 0 aromatic heterocycles. The standard InChI is InChI=1S/C30H34N2O3/c1-7-31-25-17-27-23(15-19(25)5)29(21-13-11-12-14-22(21)30(33)34-10-4)24-16-20(6)26(18-28(24)35-27)32(8-2)9-3/h11-18H,7-10H2,1-6H3. The van der Waals surface area contributed by atoms with E-state index in [1.54, 1.807) is 0 Å². The number of hydrogen-bond donors (Lipinski definition) is 0. The molecule has 2 aromatic carbocycles. The summed E-state index contributed by atoms with van der Waals surface area (Å²) in [5.74, 6) is 0.425. The minimum Gasteiger partial charge on any atom is -0.462 e. The maximum Gasteiger partial charge on any atom is 0.338 e. The summed E-state index contributed by atoms with van der Waals surface area (Å²) in [6.45, 7) is 15.2. The molecule has 0 bridgehead atoms. The number of fused-ring (bicyclic) bond motifs is 2. The molecule has 2 aliphatic rings. The molecular formula is C30H34N2O3. The van der Waals surface area contributed by atoms with Gasteiger partial charge in [0, 0.05) is 54.0 Å². The van der Waals surface area contributed by atoms with E-state index in [2.05, 4.69) is 55.8 Å². The van der Waals surface area contributed by atoms with Crippen LogP contribution in [0.4, 0.5) is 5.69 Å². The van der Waals surface area contributed by atoms with E-state index in [0.717, 1.165) is 63.1 Å². The fourth-order valence-corrected chi connectivity index (χ4v) is 4.80. The Morgan fingerprint density at radius 3 is 2.37 bits per heavy atom. The molecule has 0 fully saturated rings. The van der Waals surface area contributed by atoms with Gasteiger partial charge in [0.1, 0.15) is 11.3 Å². The van der Waals surface area contributed by atoms with Crippen LogP contribution in [0.25, 0.3) is 33.4 Å². The Hall–Kier alpha value is -3.60. The van der Waals surface area contributed by atoms with E-state index in [0.29, 0.717) is 18.7 Å². The molecule has 5 nitrogen and oxygen atoms in total. The average Bonchev–Trinajstić information content (AvgIpc) is 2.85. The largest absolute Gasteiger partial charge is 0.462 e. The fraction of sp³-hybridized carbons (Fsp3) is 0.333. The summed E-state index contributed by atoms with van der Waals surface area (Å²) < 4.78 is 11.9. The molecule has 0 unspecified atom stereocenters. The summed E-state index contributed by atoms with van der Waals surface area (Å²) in [7, 11) is 0. The van der Waals surface area contributed by atoms with Gasteiger partial charge in [-0.15, -0.1) is 0 Å². The highest BCUT2D eigenvalue weighted by Crippen LogP contribution is 2.43. The first-order valence-corrected chi connectivity index (χ1v) is 12.5. The normalized spacial score (nSPS) is 11.9. The molecule has 2 aromatic rings. The summed E-state index contributed by atoms with van der Waals surface area (Å²) in [5, 5.41) is 1.89. The second-order valence-electron chi connectivity index (χ2n) is 8.66. The van der Waals surface area contributed by atoms with Crippen molar-refractivity contribution >= 4 is 22.6 Å². The zero-order valence-electron chi connectivity index (χ0n) is 21.6. The van der Waals surface area contributed by atoms with Gasteiger partial charge in [0.15, 0.2) is 0 Å². The summed E-state index contributed by atoms with van der Waals surface area (Å²) in [6.07, 6.45) is 0. The Bertz CT molecular complexity index is 1410. The van der Waals surface area contributed by atoms with Crippen molar-refractivity contribution in [2.45, 2.75) is 41.5 Å². The van der Waals surface area contributed by atoms with Gasteiger partial charge in [-0.3, -0.25) is 4.99 Å². The number of ether oxygens (including phenoxy) is 1. The summed E-state index contributed by atoms with van der Waals surface area (Å²) in [6, 6.07) is 16.1. The molecule has 1 aliphatic carbocycles. The molecule has 1 aliphatic heterocycles. The number of esters is 1. The van der Waals surface area contributed by atoms with Crippen LogP contribution in [0.2, 0.25) is 0 Å². The molecule has 1 heterocycles. The van der Waals surface area contributed by atoms with Crippen LogP contribution >= 0.6 is 0 Å². The average molecular weight is 471 g/mol. The Morgan fingerprint density at radius 2 is 1.69 bits per heavy atom. The minimum atomic E-state index is -0.323. The first-order chi connectivity index (χ1) is 16.9. The Labute approximate surface area is 207 Å². The zero-order valence-corrected chi connectivity index (χ0v) is 21.6. The lowest BCUT2D eigenvalue weighted by atomic mass is 9.89. The number of carbonyl (C=O) groups is 1. The quantitative estimate of drug-likeness (QED) is 0.221. The molecular weight excluding hydrogens is 436 g/mol. The molecule has 182 valence electrons. The molecule has 0 N–H and O–H groups in total. The lowest BCUT2D eigenvalue weighted by Gasteiger charge is -2.25. The Kier molecular flexibility index (Phi) is 7.25. The van der Waals surface area contributed by atoms with Crippen LogP contribution in [0.3, 0.4) is 0 Å². The van der Waals surface area contributed by atoms with Crippen molar-refractivity contribution in [3.8, 4) is 22.5 Å². The van der Waals surface area contributed by atoms with Crippen molar-refractivity contribution in [1.29, 1.82) is 0 Å². The van der Waals surface area contributed by atoms with E-state index >= 15 is 0 Å². The third kappa shape index (κ3) is 4.55. The molecule has 0 radical (unpaired) electrons. The predicted molar refractivity (Wildman–Crippen MR) is 143 cm³/mol. The third-order valence-electron chi connectivity index (χ3n) is 6.48. The first-order valence-electron chi connectivity index (χ1n) is 12.5. The monoisotopic (exact) mass is 470 g/mol. The maximum atomic E-state index is 12.9. The van der Waals surface area contributed by atoms with Crippen molar-refractivity contribution in [3.63, 3.8) is 0 Å². The van der Waals surface area contributed by atoms with Crippen molar-refractivity contribution in [3.05, 3.63) is 70.6 Å². The lowest BCUT2D eigenvalue weighted by Crippen LogP contribution is -2.22. The van der Waals surface area contributed by atoms with Crippen molar-refractivity contribution in [1.82, 2.24) is 0 Å². The van der Waals surface area contributed by atoms with Crippen molar-refractivity contribution in [2.75, 3.05) is 31.1 Å². The molecule has 0 atom stereocenters. The highest BCUT2D eigenvalue weighted by Gasteiger charge is 2.23. The van der Waals surface area contributed by atoms with Gasteiger partial charge < -0.3 is 14.1 Å². The summed E-state index contributed by atoms with van der Waals surface area (Å²) in [5.41, 5.74) is 7.49. The van der Waals surface area contributed by atoms with Crippen LogP contribution in [0, 0.1) is 13.8 Å². The molecule has 0 spiro atoms. The van der Waals surface area contributed by atoms with Gasteiger partial charge in [-0.2, -0.15) is 0 Å².